The van der Waals surface area contributed by atoms with Crippen LogP contribution in [0.15, 0.2) is 0 Å². The summed E-state index contributed by atoms with van der Waals surface area (Å²) in [6.45, 7) is 7.85. The van der Waals surface area contributed by atoms with Gasteiger partial charge in [0.2, 0.25) is 5.91 Å². The van der Waals surface area contributed by atoms with Crippen LogP contribution in [0.5, 0.6) is 0 Å². The van der Waals surface area contributed by atoms with Crippen LogP contribution in [0.3, 0.4) is 0 Å². The predicted molar refractivity (Wildman–Crippen MR) is 71.3 cm³/mol. The Kier molecular flexibility index (Phi) is 5.01. The van der Waals surface area contributed by atoms with Crippen LogP contribution in [-0.2, 0) is 9.53 Å². The van der Waals surface area contributed by atoms with Crippen molar-refractivity contribution < 1.29 is 9.53 Å². The average Bonchev–Trinajstić information content (AvgIpc) is 2.83. The van der Waals surface area contributed by atoms with E-state index in [-0.39, 0.29) is 11.8 Å². The summed E-state index contributed by atoms with van der Waals surface area (Å²) in [6, 6.07) is 0. The molecule has 2 rings (SSSR count). The maximum atomic E-state index is 12.1. The number of nitrogens with one attached hydrogen (secondary N) is 2. The first-order chi connectivity index (χ1) is 8.70. The quantitative estimate of drug-likeness (QED) is 0.791. The zero-order valence-corrected chi connectivity index (χ0v) is 11.6. The topological polar surface area (TPSA) is 50.4 Å². The fourth-order valence-corrected chi connectivity index (χ4v) is 3.11. The Morgan fingerprint density at radius 1 is 1.44 bits per heavy atom. The summed E-state index contributed by atoms with van der Waals surface area (Å²) in [4.78, 5) is 12.1. The van der Waals surface area contributed by atoms with E-state index < -0.39 is 0 Å². The summed E-state index contributed by atoms with van der Waals surface area (Å²) in [6.07, 6.45) is 3.48. The Morgan fingerprint density at radius 2 is 2.28 bits per heavy atom. The van der Waals surface area contributed by atoms with Crippen molar-refractivity contribution in [1.29, 1.82) is 0 Å². The van der Waals surface area contributed by atoms with E-state index in [0.717, 1.165) is 45.5 Å². The second-order valence-electron chi connectivity index (χ2n) is 5.81. The third-order valence-corrected chi connectivity index (χ3v) is 4.23. The van der Waals surface area contributed by atoms with Gasteiger partial charge in [0.05, 0.1) is 12.0 Å². The van der Waals surface area contributed by atoms with E-state index in [1.807, 2.05) is 0 Å². The van der Waals surface area contributed by atoms with Crippen LogP contribution in [0.4, 0.5) is 0 Å². The Labute approximate surface area is 110 Å². The molecule has 0 spiro atoms. The molecule has 2 N–H and O–H groups in total. The van der Waals surface area contributed by atoms with Gasteiger partial charge in [0.25, 0.3) is 0 Å². The van der Waals surface area contributed by atoms with E-state index in [9.17, 15) is 4.79 Å². The first-order valence-corrected chi connectivity index (χ1v) is 7.30. The number of hydrogen-bond donors (Lipinski definition) is 2. The van der Waals surface area contributed by atoms with Gasteiger partial charge in [-0.1, -0.05) is 13.8 Å². The lowest BCUT2D eigenvalue weighted by molar-refractivity contribution is -0.126. The molecule has 18 heavy (non-hydrogen) atoms. The minimum absolute atomic E-state index is 0.149. The van der Waals surface area contributed by atoms with Crippen molar-refractivity contribution in [3.63, 3.8) is 0 Å². The second-order valence-corrected chi connectivity index (χ2v) is 5.81. The lowest BCUT2D eigenvalue weighted by Crippen LogP contribution is -2.44. The Bertz CT molecular complexity index is 283. The zero-order chi connectivity index (χ0) is 13.0. The molecule has 2 aliphatic heterocycles. The standard InChI is InChI=1S/C14H26N2O2/c1-3-13-11(4-5-18-13)9-16-14(17)12-6-10(2)7-15-8-12/h10-13,15H,3-9H2,1-2H3,(H,16,17). The van der Waals surface area contributed by atoms with Crippen molar-refractivity contribution in [2.45, 2.75) is 39.2 Å². The molecule has 4 unspecified atom stereocenters. The molecule has 4 atom stereocenters. The van der Waals surface area contributed by atoms with Crippen molar-refractivity contribution in [3.05, 3.63) is 0 Å². The van der Waals surface area contributed by atoms with Crippen LogP contribution in [0, 0.1) is 17.8 Å². The Balaban J connectivity index is 1.74. The second kappa shape index (κ2) is 6.53. The van der Waals surface area contributed by atoms with Crippen molar-refractivity contribution in [3.8, 4) is 0 Å². The van der Waals surface area contributed by atoms with Gasteiger partial charge in [-0.3, -0.25) is 4.79 Å². The number of carbonyl (C=O) groups excluding carboxylic acids is 1. The van der Waals surface area contributed by atoms with Gasteiger partial charge in [-0.25, -0.2) is 0 Å². The maximum Gasteiger partial charge on any atom is 0.224 e. The van der Waals surface area contributed by atoms with Gasteiger partial charge in [-0.05, 0) is 31.7 Å². The lowest BCUT2D eigenvalue weighted by atomic mass is 9.91. The maximum absolute atomic E-state index is 12.1. The smallest absolute Gasteiger partial charge is 0.224 e. The van der Waals surface area contributed by atoms with E-state index >= 15 is 0 Å². The molecule has 0 saturated carbocycles. The minimum Gasteiger partial charge on any atom is -0.378 e. The fraction of sp³-hybridized carbons (Fsp3) is 0.929. The molecule has 4 nitrogen and oxygen atoms in total. The largest absolute Gasteiger partial charge is 0.378 e. The summed E-state index contributed by atoms with van der Waals surface area (Å²) in [5, 5.41) is 6.45. The Morgan fingerprint density at radius 3 is 3.00 bits per heavy atom. The van der Waals surface area contributed by atoms with E-state index in [2.05, 4.69) is 24.5 Å². The summed E-state index contributed by atoms with van der Waals surface area (Å²) in [5.74, 6) is 1.48. The highest BCUT2D eigenvalue weighted by Crippen LogP contribution is 2.23. The van der Waals surface area contributed by atoms with Gasteiger partial charge >= 0.3 is 0 Å². The molecule has 2 fully saturated rings. The van der Waals surface area contributed by atoms with Gasteiger partial charge in [0, 0.05) is 25.6 Å². The number of piperidine rings is 1. The minimum atomic E-state index is 0.149. The third-order valence-electron chi connectivity index (χ3n) is 4.23. The number of hydrogen-bond acceptors (Lipinski definition) is 3. The predicted octanol–water partition coefficient (Wildman–Crippen LogP) is 1.16. The van der Waals surface area contributed by atoms with Crippen molar-refractivity contribution in [1.82, 2.24) is 10.6 Å². The molecule has 0 aliphatic carbocycles. The SMILES string of the molecule is CCC1OCCC1CNC(=O)C1CNCC(C)C1. The van der Waals surface area contributed by atoms with E-state index in [4.69, 9.17) is 4.74 Å². The van der Waals surface area contributed by atoms with Crippen molar-refractivity contribution >= 4 is 5.91 Å². The molecule has 0 aromatic heterocycles. The summed E-state index contributed by atoms with van der Waals surface area (Å²) < 4.78 is 5.65. The zero-order valence-electron chi connectivity index (χ0n) is 11.6. The van der Waals surface area contributed by atoms with Gasteiger partial charge in [0.1, 0.15) is 0 Å². The summed E-state index contributed by atoms with van der Waals surface area (Å²) in [5.41, 5.74) is 0. The lowest BCUT2D eigenvalue weighted by Gasteiger charge is -2.27. The molecule has 2 saturated heterocycles. The van der Waals surface area contributed by atoms with Crippen LogP contribution < -0.4 is 10.6 Å². The van der Waals surface area contributed by atoms with Crippen LogP contribution in [0.2, 0.25) is 0 Å². The number of carbonyl (C=O) groups is 1. The monoisotopic (exact) mass is 254 g/mol. The number of amides is 1. The van der Waals surface area contributed by atoms with Gasteiger partial charge < -0.3 is 15.4 Å². The van der Waals surface area contributed by atoms with Gasteiger partial charge in [0.15, 0.2) is 0 Å². The molecular formula is C14H26N2O2. The number of rotatable bonds is 4. The normalized spacial score (nSPS) is 36.6. The van der Waals surface area contributed by atoms with E-state index in [0.29, 0.717) is 17.9 Å². The van der Waals surface area contributed by atoms with Gasteiger partial charge in [-0.15, -0.1) is 0 Å². The third kappa shape index (κ3) is 3.45. The number of ether oxygens (including phenoxy) is 1. The molecule has 2 heterocycles. The fourth-order valence-electron chi connectivity index (χ4n) is 3.11. The first kappa shape index (κ1) is 13.8. The van der Waals surface area contributed by atoms with Crippen LogP contribution in [-0.4, -0.2) is 38.3 Å². The molecule has 2 aliphatic rings. The first-order valence-electron chi connectivity index (χ1n) is 7.30. The van der Waals surface area contributed by atoms with E-state index in [1.54, 1.807) is 0 Å². The summed E-state index contributed by atoms with van der Waals surface area (Å²) >= 11 is 0. The summed E-state index contributed by atoms with van der Waals surface area (Å²) in [7, 11) is 0. The van der Waals surface area contributed by atoms with E-state index in [1.165, 1.54) is 0 Å². The highest BCUT2D eigenvalue weighted by molar-refractivity contribution is 5.79. The van der Waals surface area contributed by atoms with Crippen LogP contribution in [0.1, 0.15) is 33.1 Å². The Hall–Kier alpha value is -0.610. The average molecular weight is 254 g/mol. The molecule has 0 radical (unpaired) electrons. The van der Waals surface area contributed by atoms with Crippen LogP contribution >= 0.6 is 0 Å². The molecule has 104 valence electrons. The highest BCUT2D eigenvalue weighted by atomic mass is 16.5. The molecule has 0 aromatic carbocycles. The van der Waals surface area contributed by atoms with Gasteiger partial charge in [-0.2, -0.15) is 0 Å². The van der Waals surface area contributed by atoms with Crippen molar-refractivity contribution in [2.75, 3.05) is 26.2 Å². The molecule has 0 bridgehead atoms. The molecule has 4 heteroatoms. The van der Waals surface area contributed by atoms with Crippen molar-refractivity contribution in [2.24, 2.45) is 17.8 Å². The molecular weight excluding hydrogens is 228 g/mol. The highest BCUT2D eigenvalue weighted by Gasteiger charge is 2.29. The molecule has 1 amide bonds. The van der Waals surface area contributed by atoms with Crippen LogP contribution in [0.25, 0.3) is 0 Å². The molecule has 0 aromatic rings.